The van der Waals surface area contributed by atoms with Crippen LogP contribution in [-0.2, 0) is 4.74 Å². The molecule has 0 aliphatic rings. The number of rotatable bonds is 4. The van der Waals surface area contributed by atoms with Crippen LogP contribution in [0.15, 0.2) is 29.6 Å². The first-order valence-electron chi connectivity index (χ1n) is 4.25. The zero-order valence-corrected chi connectivity index (χ0v) is 8.87. The number of methoxy groups -OCH3 is 1. The molecule has 0 unspecified atom stereocenters. The van der Waals surface area contributed by atoms with Gasteiger partial charge < -0.3 is 9.84 Å². The van der Waals surface area contributed by atoms with E-state index in [-0.39, 0.29) is 6.61 Å². The molecule has 0 aromatic carbocycles. The van der Waals surface area contributed by atoms with Crippen LogP contribution in [0.25, 0.3) is 0 Å². The summed E-state index contributed by atoms with van der Waals surface area (Å²) in [4.78, 5) is 3.89. The maximum absolute atomic E-state index is 8.64. The molecule has 3 nitrogen and oxygen atoms in total. The Labute approximate surface area is 80.5 Å². The Bertz CT molecular complexity index is 183. The predicted molar refractivity (Wildman–Crippen MR) is 56.8 cm³/mol. The monoisotopic (exact) mass is 185 g/mol. The van der Waals surface area contributed by atoms with Crippen LogP contribution in [-0.4, -0.2) is 24.5 Å². The van der Waals surface area contributed by atoms with Gasteiger partial charge in [0.15, 0.2) is 0 Å². The van der Waals surface area contributed by atoms with Gasteiger partial charge in [0.2, 0.25) is 0 Å². The van der Waals surface area contributed by atoms with E-state index in [2.05, 4.69) is 11.6 Å². The molecule has 0 saturated carbocycles. The first-order valence-corrected chi connectivity index (χ1v) is 4.25. The van der Waals surface area contributed by atoms with Gasteiger partial charge in [0.1, 0.15) is 5.76 Å². The van der Waals surface area contributed by atoms with Crippen molar-refractivity contribution < 1.29 is 9.84 Å². The Morgan fingerprint density at radius 2 is 2.08 bits per heavy atom. The smallest absolute Gasteiger partial charge is 0.111 e. The van der Waals surface area contributed by atoms with Crippen molar-refractivity contribution in [1.82, 2.24) is 0 Å². The number of hydrogen-bond acceptors (Lipinski definition) is 3. The largest absolute Gasteiger partial charge is 0.500 e. The highest BCUT2D eigenvalue weighted by Gasteiger charge is 1.87. The average molecular weight is 185 g/mol. The quantitative estimate of drug-likeness (QED) is 0.538. The molecule has 0 aromatic heterocycles. The zero-order chi connectivity index (χ0) is 10.7. The van der Waals surface area contributed by atoms with Crippen molar-refractivity contribution in [2.75, 3.05) is 13.7 Å². The first-order chi connectivity index (χ1) is 6.24. The summed E-state index contributed by atoms with van der Waals surface area (Å²) in [5.41, 5.74) is 0.529. The van der Waals surface area contributed by atoms with Crippen LogP contribution < -0.4 is 0 Å². The summed E-state index contributed by atoms with van der Waals surface area (Å²) < 4.78 is 4.83. The van der Waals surface area contributed by atoms with Gasteiger partial charge in [-0.3, -0.25) is 4.99 Å². The van der Waals surface area contributed by atoms with Crippen molar-refractivity contribution in [1.29, 1.82) is 0 Å². The first kappa shape index (κ1) is 14.4. The molecule has 0 amide bonds. The number of aliphatic hydroxyl groups is 1. The van der Waals surface area contributed by atoms with Crippen LogP contribution in [0.4, 0.5) is 0 Å². The normalized spacial score (nSPS) is 11.5. The fourth-order valence-corrected chi connectivity index (χ4v) is 0.385. The van der Waals surface area contributed by atoms with Crippen molar-refractivity contribution in [3.63, 3.8) is 0 Å². The van der Waals surface area contributed by atoms with E-state index in [1.165, 1.54) is 12.3 Å². The van der Waals surface area contributed by atoms with Gasteiger partial charge in [-0.05, 0) is 13.0 Å². The summed E-state index contributed by atoms with van der Waals surface area (Å²) in [5, 5.41) is 8.64. The third kappa shape index (κ3) is 8.82. The maximum atomic E-state index is 8.64. The van der Waals surface area contributed by atoms with Crippen LogP contribution >= 0.6 is 0 Å². The second-order valence-electron chi connectivity index (χ2n) is 1.93. The summed E-state index contributed by atoms with van der Waals surface area (Å²) >= 11 is 0. The highest BCUT2D eigenvalue weighted by Crippen LogP contribution is 1.92. The number of aliphatic imine (C=N–C) groups is 1. The fourth-order valence-electron chi connectivity index (χ4n) is 0.385. The van der Waals surface area contributed by atoms with Crippen molar-refractivity contribution in [2.24, 2.45) is 4.99 Å². The molecule has 0 aromatic rings. The van der Waals surface area contributed by atoms with Crippen molar-refractivity contribution >= 4 is 5.71 Å². The van der Waals surface area contributed by atoms with E-state index in [4.69, 9.17) is 9.84 Å². The average Bonchev–Trinajstić information content (AvgIpc) is 2.22. The highest BCUT2D eigenvalue weighted by molar-refractivity contribution is 5.95. The summed E-state index contributed by atoms with van der Waals surface area (Å²) in [6, 6.07) is 0. The van der Waals surface area contributed by atoms with Gasteiger partial charge in [-0.25, -0.2) is 0 Å². The molecule has 0 heterocycles. The minimum absolute atomic E-state index is 0.100. The van der Waals surface area contributed by atoms with Gasteiger partial charge in [-0.1, -0.05) is 20.4 Å². The highest BCUT2D eigenvalue weighted by atomic mass is 16.5. The number of allylic oxidation sites excluding steroid dienone is 1. The minimum Gasteiger partial charge on any atom is -0.500 e. The molecule has 0 aliphatic carbocycles. The lowest BCUT2D eigenvalue weighted by molar-refractivity contribution is 0.292. The van der Waals surface area contributed by atoms with E-state index in [1.807, 2.05) is 13.8 Å². The minimum atomic E-state index is -0.100. The number of ether oxygens (including phenoxy) is 1. The Kier molecular flexibility index (Phi) is 12.1. The van der Waals surface area contributed by atoms with E-state index >= 15 is 0 Å². The van der Waals surface area contributed by atoms with Gasteiger partial charge in [0.25, 0.3) is 0 Å². The van der Waals surface area contributed by atoms with Crippen LogP contribution in [0.3, 0.4) is 0 Å². The summed E-state index contributed by atoms with van der Waals surface area (Å²) in [6.07, 6.45) is 3.03. The third-order valence-corrected chi connectivity index (χ3v) is 1.13. The van der Waals surface area contributed by atoms with Crippen LogP contribution in [0.2, 0.25) is 0 Å². The molecule has 0 saturated heterocycles. The van der Waals surface area contributed by atoms with Crippen LogP contribution in [0, 0.1) is 0 Å². The van der Waals surface area contributed by atoms with Gasteiger partial charge >= 0.3 is 0 Å². The molecule has 0 fully saturated rings. The standard InChI is InChI=1S/C8H13NO2.C2H6/c1-4-8(6-10)9-5-7(2)11-3;1-2/h4-5,10H,1,6H2,2-3H3;1-2H3/b7-5+,9-8?;. The predicted octanol–water partition coefficient (Wildman–Crippen LogP) is 2.14. The number of hydrogen-bond donors (Lipinski definition) is 1. The number of aliphatic hydroxyl groups excluding tert-OH is 1. The lowest BCUT2D eigenvalue weighted by Crippen LogP contribution is -1.98. The molecule has 1 N–H and O–H groups in total. The molecule has 13 heavy (non-hydrogen) atoms. The van der Waals surface area contributed by atoms with Gasteiger partial charge in [-0.15, -0.1) is 0 Å². The Balaban J connectivity index is 0. The molecular formula is C10H19NO2. The Hall–Kier alpha value is -1.09. The van der Waals surface area contributed by atoms with Crippen molar-refractivity contribution in [3.05, 3.63) is 24.6 Å². The van der Waals surface area contributed by atoms with Crippen LogP contribution in [0.5, 0.6) is 0 Å². The lowest BCUT2D eigenvalue weighted by Gasteiger charge is -1.95. The molecule has 0 rings (SSSR count). The molecule has 76 valence electrons. The third-order valence-electron chi connectivity index (χ3n) is 1.13. The van der Waals surface area contributed by atoms with E-state index in [0.29, 0.717) is 11.5 Å². The lowest BCUT2D eigenvalue weighted by atomic mass is 10.4. The van der Waals surface area contributed by atoms with E-state index < -0.39 is 0 Å². The Morgan fingerprint density at radius 3 is 2.38 bits per heavy atom. The molecule has 0 atom stereocenters. The van der Waals surface area contributed by atoms with E-state index in [1.54, 1.807) is 14.0 Å². The summed E-state index contributed by atoms with van der Waals surface area (Å²) in [6.45, 7) is 9.15. The summed E-state index contributed by atoms with van der Waals surface area (Å²) in [5.74, 6) is 0.692. The molecule has 0 bridgehead atoms. The summed E-state index contributed by atoms with van der Waals surface area (Å²) in [7, 11) is 1.56. The zero-order valence-electron chi connectivity index (χ0n) is 8.87. The van der Waals surface area contributed by atoms with E-state index in [0.717, 1.165) is 0 Å². The topological polar surface area (TPSA) is 41.8 Å². The second-order valence-corrected chi connectivity index (χ2v) is 1.93. The number of nitrogens with zero attached hydrogens (tertiary/aromatic N) is 1. The van der Waals surface area contributed by atoms with Gasteiger partial charge in [0, 0.05) is 0 Å². The van der Waals surface area contributed by atoms with Gasteiger partial charge in [0.05, 0.1) is 25.6 Å². The van der Waals surface area contributed by atoms with Crippen molar-refractivity contribution in [2.45, 2.75) is 20.8 Å². The van der Waals surface area contributed by atoms with Crippen molar-refractivity contribution in [3.8, 4) is 0 Å². The molecule has 3 heteroatoms. The molecule has 0 spiro atoms. The fraction of sp³-hybridized carbons (Fsp3) is 0.500. The molecular weight excluding hydrogens is 166 g/mol. The maximum Gasteiger partial charge on any atom is 0.111 e. The second kappa shape index (κ2) is 10.9. The SMILES string of the molecule is C=CC(CO)=N/C=C(\C)OC.CC. The van der Waals surface area contributed by atoms with Crippen LogP contribution in [0.1, 0.15) is 20.8 Å². The van der Waals surface area contributed by atoms with Gasteiger partial charge in [-0.2, -0.15) is 0 Å². The Morgan fingerprint density at radius 1 is 1.54 bits per heavy atom. The van der Waals surface area contributed by atoms with E-state index in [9.17, 15) is 0 Å². The molecule has 0 radical (unpaired) electrons. The molecule has 0 aliphatic heterocycles.